The van der Waals surface area contributed by atoms with Crippen LogP contribution in [-0.2, 0) is 9.59 Å². The summed E-state index contributed by atoms with van der Waals surface area (Å²) in [6.07, 6.45) is 1.96. The van der Waals surface area contributed by atoms with E-state index in [0.717, 1.165) is 0 Å². The maximum absolute atomic E-state index is 11.6. The van der Waals surface area contributed by atoms with E-state index < -0.39 is 23.8 Å². The van der Waals surface area contributed by atoms with Crippen molar-refractivity contribution in [3.63, 3.8) is 0 Å². The van der Waals surface area contributed by atoms with Gasteiger partial charge >= 0.3 is 0 Å². The molecule has 5 heteroatoms. The number of rotatable bonds is 6. The van der Waals surface area contributed by atoms with Crippen molar-refractivity contribution in [2.24, 2.45) is 0 Å². The highest BCUT2D eigenvalue weighted by Crippen LogP contribution is 2.16. The molecular weight excluding hydrogens is 210 g/mol. The summed E-state index contributed by atoms with van der Waals surface area (Å²) in [6.45, 7) is 1.65. The van der Waals surface area contributed by atoms with Crippen molar-refractivity contribution in [2.45, 2.75) is 18.9 Å². The number of allylic oxidation sites excluding steroid dienone is 1. The molecule has 0 rings (SSSR count). The molecule has 0 saturated heterocycles. The Bertz CT molecular complexity index is 304. The normalized spacial score (nSPS) is 16.1. The van der Waals surface area contributed by atoms with Crippen LogP contribution in [0.2, 0.25) is 0 Å². The maximum atomic E-state index is 11.6. The van der Waals surface area contributed by atoms with Gasteiger partial charge in [-0.2, -0.15) is 0 Å². The largest absolute Gasteiger partial charge is 0.550 e. The van der Waals surface area contributed by atoms with Crippen molar-refractivity contribution in [3.8, 4) is 0 Å². The number of carbonyl (C=O) groups is 2. The van der Waals surface area contributed by atoms with E-state index in [0.29, 0.717) is 0 Å². The number of quaternary nitrogens is 1. The van der Waals surface area contributed by atoms with Gasteiger partial charge in [0.25, 0.3) is 0 Å². The van der Waals surface area contributed by atoms with E-state index in [1.165, 1.54) is 12.2 Å². The second-order valence-corrected chi connectivity index (χ2v) is 4.89. The summed E-state index contributed by atoms with van der Waals surface area (Å²) < 4.78 is 0.285. The van der Waals surface area contributed by atoms with Crippen LogP contribution in [0.25, 0.3) is 0 Å². The number of ketones is 1. The number of carbonyl (C=O) groups excluding carboxylic acids is 2. The number of carboxylic acid groups (broad SMARTS) is 1. The Morgan fingerprint density at radius 2 is 1.88 bits per heavy atom. The molecule has 1 unspecified atom stereocenters. The van der Waals surface area contributed by atoms with Gasteiger partial charge < -0.3 is 19.5 Å². The van der Waals surface area contributed by atoms with E-state index in [4.69, 9.17) is 0 Å². The summed E-state index contributed by atoms with van der Waals surface area (Å²) in [6, 6.07) is 0. The Hall–Kier alpha value is -1.20. The van der Waals surface area contributed by atoms with Crippen molar-refractivity contribution in [1.82, 2.24) is 0 Å². The fourth-order valence-electron chi connectivity index (χ4n) is 1.55. The van der Waals surface area contributed by atoms with Crippen LogP contribution in [0.15, 0.2) is 12.2 Å². The third-order valence-electron chi connectivity index (χ3n) is 1.95. The molecule has 0 spiro atoms. The number of nitrogens with zero attached hydrogens (tertiary/aromatic N) is 1. The summed E-state index contributed by atoms with van der Waals surface area (Å²) in [5.74, 6) is -2.04. The van der Waals surface area contributed by atoms with Gasteiger partial charge in [-0.25, -0.2) is 0 Å². The van der Waals surface area contributed by atoms with Crippen LogP contribution in [0, 0.1) is 0 Å². The van der Waals surface area contributed by atoms with Crippen LogP contribution in [0.5, 0.6) is 0 Å². The highest BCUT2D eigenvalue weighted by atomic mass is 16.4. The SMILES string of the molecule is C/C=C/C(=O)C(O)(CC(=O)[O-])C[N+](C)(C)C. The zero-order valence-corrected chi connectivity index (χ0v) is 10.2. The number of hydrogen-bond donors (Lipinski definition) is 1. The van der Waals surface area contributed by atoms with Gasteiger partial charge in [-0.1, -0.05) is 6.08 Å². The maximum Gasteiger partial charge on any atom is 0.193 e. The Morgan fingerprint density at radius 1 is 1.38 bits per heavy atom. The first-order chi connectivity index (χ1) is 7.10. The summed E-state index contributed by atoms with van der Waals surface area (Å²) in [4.78, 5) is 22.2. The van der Waals surface area contributed by atoms with Crippen molar-refractivity contribution >= 4 is 11.8 Å². The van der Waals surface area contributed by atoms with E-state index in [2.05, 4.69) is 0 Å². The predicted octanol–water partition coefficient (Wildman–Crippen LogP) is -1.29. The molecular formula is C11H19NO4. The molecule has 0 fully saturated rings. The minimum Gasteiger partial charge on any atom is -0.550 e. The number of hydrogen-bond acceptors (Lipinski definition) is 4. The average Bonchev–Trinajstić information content (AvgIpc) is 1.98. The molecule has 0 aliphatic heterocycles. The molecule has 0 aromatic heterocycles. The fraction of sp³-hybridized carbons (Fsp3) is 0.636. The highest BCUT2D eigenvalue weighted by Gasteiger charge is 2.39. The fourth-order valence-corrected chi connectivity index (χ4v) is 1.55. The van der Waals surface area contributed by atoms with Crippen LogP contribution >= 0.6 is 0 Å². The van der Waals surface area contributed by atoms with E-state index in [1.54, 1.807) is 28.1 Å². The van der Waals surface area contributed by atoms with Crippen LogP contribution < -0.4 is 5.11 Å². The standard InChI is InChI=1S/C11H19NO4/c1-5-6-9(13)11(16,7-10(14)15)8-12(2,3)4/h5-6,16H,7-8H2,1-4H3/b6-5+. The number of aliphatic hydroxyl groups is 1. The Morgan fingerprint density at radius 3 is 2.19 bits per heavy atom. The topological polar surface area (TPSA) is 77.4 Å². The van der Waals surface area contributed by atoms with Crippen molar-refractivity contribution < 1.29 is 24.3 Å². The molecule has 0 aromatic rings. The van der Waals surface area contributed by atoms with Gasteiger partial charge in [-0.05, 0) is 13.0 Å². The monoisotopic (exact) mass is 229 g/mol. The molecule has 0 aliphatic rings. The second kappa shape index (κ2) is 5.23. The van der Waals surface area contributed by atoms with Crippen LogP contribution in [-0.4, -0.2) is 54.6 Å². The lowest BCUT2D eigenvalue weighted by Crippen LogP contribution is -2.55. The first-order valence-corrected chi connectivity index (χ1v) is 5.00. The third kappa shape index (κ3) is 5.04. The number of carboxylic acids is 1. The first-order valence-electron chi connectivity index (χ1n) is 5.00. The van der Waals surface area contributed by atoms with Gasteiger partial charge in [0.2, 0.25) is 0 Å². The zero-order valence-electron chi connectivity index (χ0n) is 10.2. The van der Waals surface area contributed by atoms with Gasteiger partial charge in [0, 0.05) is 12.4 Å². The Balaban J connectivity index is 5.02. The molecule has 92 valence electrons. The zero-order chi connectivity index (χ0) is 13.0. The molecule has 0 heterocycles. The molecule has 1 N–H and O–H groups in total. The second-order valence-electron chi connectivity index (χ2n) is 4.89. The van der Waals surface area contributed by atoms with E-state index in [1.807, 2.05) is 0 Å². The van der Waals surface area contributed by atoms with E-state index in [9.17, 15) is 19.8 Å². The van der Waals surface area contributed by atoms with Crippen molar-refractivity contribution in [3.05, 3.63) is 12.2 Å². The van der Waals surface area contributed by atoms with Gasteiger partial charge in [-0.3, -0.25) is 4.79 Å². The Labute approximate surface area is 95.6 Å². The molecule has 16 heavy (non-hydrogen) atoms. The van der Waals surface area contributed by atoms with E-state index in [-0.39, 0.29) is 11.0 Å². The van der Waals surface area contributed by atoms with Crippen LogP contribution in [0.1, 0.15) is 13.3 Å². The third-order valence-corrected chi connectivity index (χ3v) is 1.95. The average molecular weight is 229 g/mol. The molecule has 5 nitrogen and oxygen atoms in total. The number of aliphatic carboxylic acids is 1. The Kier molecular flexibility index (Phi) is 4.83. The van der Waals surface area contributed by atoms with Crippen LogP contribution in [0.3, 0.4) is 0 Å². The molecule has 0 bridgehead atoms. The molecule has 0 aromatic carbocycles. The van der Waals surface area contributed by atoms with Gasteiger partial charge in [0.1, 0.15) is 6.54 Å². The lowest BCUT2D eigenvalue weighted by Gasteiger charge is -2.34. The van der Waals surface area contributed by atoms with E-state index >= 15 is 0 Å². The van der Waals surface area contributed by atoms with Gasteiger partial charge in [0.05, 0.1) is 21.1 Å². The molecule has 0 saturated carbocycles. The molecule has 0 amide bonds. The quantitative estimate of drug-likeness (QED) is 0.454. The van der Waals surface area contributed by atoms with Crippen LogP contribution in [0.4, 0.5) is 0 Å². The lowest BCUT2D eigenvalue weighted by atomic mass is 9.92. The summed E-state index contributed by atoms with van der Waals surface area (Å²) in [5, 5.41) is 20.6. The highest BCUT2D eigenvalue weighted by molar-refractivity contribution is 5.98. The minimum atomic E-state index is -1.90. The smallest absolute Gasteiger partial charge is 0.193 e. The van der Waals surface area contributed by atoms with Crippen molar-refractivity contribution in [1.29, 1.82) is 0 Å². The lowest BCUT2D eigenvalue weighted by molar-refractivity contribution is -0.875. The summed E-state index contributed by atoms with van der Waals surface area (Å²) in [7, 11) is 5.30. The van der Waals surface area contributed by atoms with Crippen molar-refractivity contribution in [2.75, 3.05) is 27.7 Å². The first kappa shape index (κ1) is 14.8. The molecule has 0 aliphatic carbocycles. The minimum absolute atomic E-state index is 0.0180. The predicted molar refractivity (Wildman–Crippen MR) is 57.3 cm³/mol. The number of likely N-dealkylation sites (N-methyl/N-ethyl adjacent to an activating group) is 1. The summed E-state index contributed by atoms with van der Waals surface area (Å²) >= 11 is 0. The van der Waals surface area contributed by atoms with Gasteiger partial charge in [0.15, 0.2) is 11.4 Å². The molecule has 1 atom stereocenters. The van der Waals surface area contributed by atoms with Gasteiger partial charge in [-0.15, -0.1) is 0 Å². The molecule has 0 radical (unpaired) electrons. The summed E-state index contributed by atoms with van der Waals surface area (Å²) in [5.41, 5.74) is -1.90.